The van der Waals surface area contributed by atoms with Gasteiger partial charge in [0.2, 0.25) is 0 Å². The molecular formula is C11H19NO6. The van der Waals surface area contributed by atoms with Gasteiger partial charge >= 0.3 is 11.9 Å². The predicted octanol–water partition coefficient (Wildman–Crippen LogP) is 1.32. The van der Waals surface area contributed by atoms with E-state index in [9.17, 15) is 19.7 Å². The van der Waals surface area contributed by atoms with Crippen LogP contribution in [0, 0.1) is 10.1 Å². The van der Waals surface area contributed by atoms with E-state index < -0.39 is 22.4 Å². The zero-order chi connectivity index (χ0) is 14.2. The molecule has 0 aliphatic rings. The van der Waals surface area contributed by atoms with Crippen LogP contribution in [0.2, 0.25) is 0 Å². The molecule has 0 aliphatic heterocycles. The first-order chi connectivity index (χ1) is 8.41. The minimum Gasteiger partial charge on any atom is -0.458 e. The summed E-state index contributed by atoms with van der Waals surface area (Å²) in [5, 5.41) is 11.1. The Kier molecular flexibility index (Phi) is 6.92. The summed E-state index contributed by atoms with van der Waals surface area (Å²) in [5.41, 5.74) is -1.56. The number of esters is 2. The lowest BCUT2D eigenvalue weighted by molar-refractivity contribution is -0.577. The fourth-order valence-electron chi connectivity index (χ4n) is 1.11. The van der Waals surface area contributed by atoms with Crippen LogP contribution in [0.5, 0.6) is 0 Å². The van der Waals surface area contributed by atoms with Crippen LogP contribution in [0.4, 0.5) is 0 Å². The highest BCUT2D eigenvalue weighted by atomic mass is 16.6. The summed E-state index contributed by atoms with van der Waals surface area (Å²) in [6.45, 7) is 4.00. The van der Waals surface area contributed by atoms with Crippen molar-refractivity contribution in [3.63, 3.8) is 0 Å². The molecular weight excluding hydrogens is 242 g/mol. The lowest BCUT2D eigenvalue weighted by Gasteiger charge is -2.23. The number of carbonyl (C=O) groups excluding carboxylic acids is 2. The van der Waals surface area contributed by atoms with Crippen LogP contribution in [0.3, 0.4) is 0 Å². The van der Waals surface area contributed by atoms with Crippen molar-refractivity contribution >= 4 is 11.9 Å². The highest BCUT2D eigenvalue weighted by molar-refractivity contribution is 5.69. The first-order valence-corrected chi connectivity index (χ1v) is 5.87. The van der Waals surface area contributed by atoms with Crippen LogP contribution < -0.4 is 0 Å². The van der Waals surface area contributed by atoms with Crippen LogP contribution in [-0.4, -0.2) is 35.6 Å². The average Bonchev–Trinajstić information content (AvgIpc) is 2.38. The smallest absolute Gasteiger partial charge is 0.305 e. The maximum atomic E-state index is 11.1. The van der Waals surface area contributed by atoms with Gasteiger partial charge < -0.3 is 9.47 Å². The third-order valence-electron chi connectivity index (χ3n) is 2.63. The van der Waals surface area contributed by atoms with Crippen molar-refractivity contribution in [2.75, 3.05) is 13.2 Å². The third kappa shape index (κ3) is 4.68. The monoisotopic (exact) mass is 261 g/mol. The van der Waals surface area contributed by atoms with E-state index in [1.807, 2.05) is 0 Å². The quantitative estimate of drug-likeness (QED) is 0.371. The van der Waals surface area contributed by atoms with Crippen molar-refractivity contribution < 1.29 is 24.0 Å². The molecule has 0 atom stereocenters. The molecule has 0 aromatic carbocycles. The summed E-state index contributed by atoms with van der Waals surface area (Å²) in [6, 6.07) is 0. The van der Waals surface area contributed by atoms with Crippen molar-refractivity contribution in [1.82, 2.24) is 0 Å². The van der Waals surface area contributed by atoms with E-state index in [0.717, 1.165) is 0 Å². The van der Waals surface area contributed by atoms with Gasteiger partial charge in [0.15, 0.2) is 13.2 Å². The first kappa shape index (κ1) is 16.3. The number of ether oxygens (including phenoxy) is 2. The lowest BCUT2D eigenvalue weighted by Crippen LogP contribution is -2.47. The Morgan fingerprint density at radius 3 is 1.67 bits per heavy atom. The average molecular weight is 261 g/mol. The van der Waals surface area contributed by atoms with Crippen LogP contribution >= 0.6 is 0 Å². The van der Waals surface area contributed by atoms with Gasteiger partial charge in [-0.15, -0.1) is 0 Å². The summed E-state index contributed by atoms with van der Waals surface area (Å²) >= 11 is 0. The zero-order valence-electron chi connectivity index (χ0n) is 10.9. The van der Waals surface area contributed by atoms with Crippen LogP contribution in [-0.2, 0) is 19.1 Å². The predicted molar refractivity (Wildman–Crippen MR) is 62.5 cm³/mol. The molecule has 0 rings (SSSR count). The molecule has 0 fully saturated rings. The molecule has 0 bridgehead atoms. The largest absolute Gasteiger partial charge is 0.458 e. The molecule has 0 aromatic heterocycles. The molecule has 0 heterocycles. The summed E-state index contributed by atoms with van der Waals surface area (Å²) in [6.07, 6.45) is 0.395. The minimum absolute atomic E-state index is 0.105. The highest BCUT2D eigenvalue weighted by Gasteiger charge is 2.44. The Hall–Kier alpha value is -1.66. The number of rotatable bonds is 8. The second-order valence-electron chi connectivity index (χ2n) is 3.86. The molecule has 18 heavy (non-hydrogen) atoms. The molecule has 0 spiro atoms. The molecule has 7 heteroatoms. The van der Waals surface area contributed by atoms with Gasteiger partial charge in [0.05, 0.1) is 0 Å². The molecule has 0 aromatic rings. The number of nitro groups is 1. The van der Waals surface area contributed by atoms with Gasteiger partial charge in [0.25, 0.3) is 5.54 Å². The third-order valence-corrected chi connectivity index (χ3v) is 2.63. The molecule has 0 unspecified atom stereocenters. The molecule has 0 saturated heterocycles. The van der Waals surface area contributed by atoms with E-state index >= 15 is 0 Å². The van der Waals surface area contributed by atoms with Crippen LogP contribution in [0.15, 0.2) is 0 Å². The Labute approximate surface area is 106 Å². The van der Waals surface area contributed by atoms with Crippen LogP contribution in [0.1, 0.15) is 40.0 Å². The summed E-state index contributed by atoms with van der Waals surface area (Å²) < 4.78 is 9.61. The van der Waals surface area contributed by atoms with E-state index in [2.05, 4.69) is 0 Å². The Bertz CT molecular complexity index is 295. The molecule has 0 saturated carbocycles. The molecule has 0 aliphatic carbocycles. The van der Waals surface area contributed by atoms with Gasteiger partial charge in [-0.25, -0.2) is 0 Å². The second kappa shape index (κ2) is 7.62. The number of hydrogen-bond donors (Lipinski definition) is 0. The van der Waals surface area contributed by atoms with E-state index in [1.165, 1.54) is 0 Å². The van der Waals surface area contributed by atoms with Crippen molar-refractivity contribution in [3.05, 3.63) is 10.1 Å². The fraction of sp³-hybridized carbons (Fsp3) is 0.818. The van der Waals surface area contributed by atoms with Crippen molar-refractivity contribution in [2.24, 2.45) is 0 Å². The lowest BCUT2D eigenvalue weighted by atomic mass is 9.99. The van der Waals surface area contributed by atoms with Gasteiger partial charge in [-0.05, 0) is 0 Å². The van der Waals surface area contributed by atoms with E-state index in [1.54, 1.807) is 20.8 Å². The number of nitrogens with zero attached hydrogens (tertiary/aromatic N) is 1. The number of hydrogen-bond acceptors (Lipinski definition) is 6. The fourth-order valence-corrected chi connectivity index (χ4v) is 1.11. The van der Waals surface area contributed by atoms with Gasteiger partial charge in [-0.2, -0.15) is 0 Å². The van der Waals surface area contributed by atoms with Gasteiger partial charge in [0, 0.05) is 24.2 Å². The van der Waals surface area contributed by atoms with Gasteiger partial charge in [-0.3, -0.25) is 19.7 Å². The maximum absolute atomic E-state index is 11.1. The Morgan fingerprint density at radius 1 is 1.06 bits per heavy atom. The standard InChI is InChI=1S/C11H19NO6/c1-4-9(13)17-7-11(6-3,12(15)16)8-18-10(14)5-2/h4-8H2,1-3H3. The van der Waals surface area contributed by atoms with Crippen molar-refractivity contribution in [1.29, 1.82) is 0 Å². The molecule has 0 amide bonds. The second-order valence-corrected chi connectivity index (χ2v) is 3.86. The SMILES string of the molecule is CCC(=O)OCC(CC)(COC(=O)CC)[N+](=O)[O-]. The molecule has 0 radical (unpaired) electrons. The number of carbonyl (C=O) groups is 2. The van der Waals surface area contributed by atoms with E-state index in [-0.39, 0.29) is 32.5 Å². The van der Waals surface area contributed by atoms with E-state index in [0.29, 0.717) is 0 Å². The molecule has 7 nitrogen and oxygen atoms in total. The summed E-state index contributed by atoms with van der Waals surface area (Å²) in [5.74, 6) is -1.03. The van der Waals surface area contributed by atoms with Crippen molar-refractivity contribution in [3.8, 4) is 0 Å². The Balaban J connectivity index is 4.66. The van der Waals surface area contributed by atoms with Gasteiger partial charge in [-0.1, -0.05) is 20.8 Å². The summed E-state index contributed by atoms with van der Waals surface area (Å²) in [4.78, 5) is 32.6. The minimum atomic E-state index is -1.56. The van der Waals surface area contributed by atoms with Crippen LogP contribution in [0.25, 0.3) is 0 Å². The maximum Gasteiger partial charge on any atom is 0.305 e. The van der Waals surface area contributed by atoms with Crippen molar-refractivity contribution in [2.45, 2.75) is 45.6 Å². The summed E-state index contributed by atoms with van der Waals surface area (Å²) in [7, 11) is 0. The van der Waals surface area contributed by atoms with Gasteiger partial charge in [0.1, 0.15) is 0 Å². The topological polar surface area (TPSA) is 95.7 Å². The zero-order valence-corrected chi connectivity index (χ0v) is 10.9. The molecule has 0 N–H and O–H groups in total. The Morgan fingerprint density at radius 2 is 1.44 bits per heavy atom. The first-order valence-electron chi connectivity index (χ1n) is 5.87. The highest BCUT2D eigenvalue weighted by Crippen LogP contribution is 2.17. The molecule has 104 valence electrons. The normalized spacial score (nSPS) is 10.8. The van der Waals surface area contributed by atoms with E-state index in [4.69, 9.17) is 9.47 Å².